The molecule has 2 aliphatic rings. The Morgan fingerprint density at radius 2 is 1.81 bits per heavy atom. The van der Waals surface area contributed by atoms with E-state index in [9.17, 15) is 14.7 Å². The van der Waals surface area contributed by atoms with Gasteiger partial charge in [-0.05, 0) is 97.6 Å². The maximum Gasteiger partial charge on any atom is 0.410 e. The highest BCUT2D eigenvalue weighted by Crippen LogP contribution is 2.45. The van der Waals surface area contributed by atoms with Gasteiger partial charge in [-0.25, -0.2) is 19.0 Å². The Balaban J connectivity index is 1.48. The molecule has 0 unspecified atom stereocenters. The number of carbonyl (C=O) groups excluding carboxylic acids is 1. The van der Waals surface area contributed by atoms with E-state index in [2.05, 4.69) is 0 Å². The lowest BCUT2D eigenvalue weighted by atomic mass is 9.86. The van der Waals surface area contributed by atoms with Gasteiger partial charge in [-0.3, -0.25) is 4.68 Å². The van der Waals surface area contributed by atoms with Crippen LogP contribution in [0, 0.1) is 19.7 Å². The van der Waals surface area contributed by atoms with Crippen molar-refractivity contribution in [3.63, 3.8) is 0 Å². The van der Waals surface area contributed by atoms with E-state index in [1.807, 2.05) is 62.3 Å². The number of carboxylic acid groups (broad SMARTS) is 1. The van der Waals surface area contributed by atoms with Crippen molar-refractivity contribution in [2.24, 2.45) is 7.05 Å². The molecule has 1 N–H and O–H groups in total. The molecule has 256 valence electrons. The van der Waals surface area contributed by atoms with E-state index < -0.39 is 29.1 Å². The fraction of sp³-hybridized carbons (Fsp3) is 0.500. The molecule has 6 rings (SSSR count). The molecule has 4 aromatic rings. The average Bonchev–Trinajstić information content (AvgIpc) is 3.55. The van der Waals surface area contributed by atoms with Gasteiger partial charge in [-0.1, -0.05) is 0 Å². The molecule has 0 aliphatic carbocycles. The first-order valence-electron chi connectivity index (χ1n) is 16.3. The quantitative estimate of drug-likeness (QED) is 0.237. The van der Waals surface area contributed by atoms with E-state index in [1.54, 1.807) is 32.6 Å². The Kier molecular flexibility index (Phi) is 8.30. The second-order valence-corrected chi connectivity index (χ2v) is 14.8. The zero-order valence-electron chi connectivity index (χ0n) is 29.1. The number of carbonyl (C=O) groups is 2. The maximum atomic E-state index is 15.7. The Morgan fingerprint density at radius 3 is 2.46 bits per heavy atom. The summed E-state index contributed by atoms with van der Waals surface area (Å²) < 4.78 is 36.9. The van der Waals surface area contributed by atoms with E-state index in [0.717, 1.165) is 23.2 Å². The topological polar surface area (TPSA) is 121 Å². The van der Waals surface area contributed by atoms with Crippen molar-refractivity contribution in [1.82, 2.24) is 24.2 Å². The van der Waals surface area contributed by atoms with Crippen LogP contribution in [0.25, 0.3) is 33.5 Å². The van der Waals surface area contributed by atoms with Gasteiger partial charge in [0.2, 0.25) is 0 Å². The molecule has 1 aromatic carbocycles. The van der Waals surface area contributed by atoms with Crippen molar-refractivity contribution in [1.29, 1.82) is 0 Å². The lowest BCUT2D eigenvalue weighted by molar-refractivity contribution is -0.160. The molecule has 12 heteroatoms. The van der Waals surface area contributed by atoms with Gasteiger partial charge in [0, 0.05) is 54.1 Å². The third-order valence-corrected chi connectivity index (χ3v) is 8.83. The minimum atomic E-state index is -1.36. The Hall–Kier alpha value is -4.45. The third-order valence-electron chi connectivity index (χ3n) is 8.83. The molecule has 0 bridgehead atoms. The SMILES string of the molecule is Cc1nc2c(cc(-c3ccn(C4CN(C(=O)OC(C)(C)C)C4)n3)n2C)c(-c2cc(F)c3c(c2C)CCCO3)c1[C@H](OC(C)(C)C)C(=O)O. The second kappa shape index (κ2) is 11.9. The zero-order valence-corrected chi connectivity index (χ0v) is 29.1. The minimum absolute atomic E-state index is 0.00213. The number of aryl methyl sites for hydroxylation is 2. The average molecular weight is 662 g/mol. The Morgan fingerprint density at radius 1 is 1.10 bits per heavy atom. The fourth-order valence-corrected chi connectivity index (χ4v) is 6.59. The van der Waals surface area contributed by atoms with Crippen LogP contribution in [-0.2, 0) is 27.7 Å². The van der Waals surface area contributed by atoms with Gasteiger partial charge in [0.15, 0.2) is 17.7 Å². The first-order chi connectivity index (χ1) is 22.4. The Bertz CT molecular complexity index is 1930. The van der Waals surface area contributed by atoms with Crippen LogP contribution in [0.4, 0.5) is 9.18 Å². The number of benzene rings is 1. The monoisotopic (exact) mass is 661 g/mol. The van der Waals surface area contributed by atoms with Crippen LogP contribution >= 0.6 is 0 Å². The minimum Gasteiger partial charge on any atom is -0.490 e. The van der Waals surface area contributed by atoms with Crippen molar-refractivity contribution >= 4 is 23.1 Å². The number of halogens is 1. The van der Waals surface area contributed by atoms with Gasteiger partial charge in [-0.2, -0.15) is 5.10 Å². The summed E-state index contributed by atoms with van der Waals surface area (Å²) in [5.41, 5.74) is 4.27. The lowest BCUT2D eigenvalue weighted by Gasteiger charge is -2.39. The molecular formula is C36H44FN5O6. The van der Waals surface area contributed by atoms with Gasteiger partial charge in [0.1, 0.15) is 16.9 Å². The van der Waals surface area contributed by atoms with E-state index in [1.165, 1.54) is 6.07 Å². The summed E-state index contributed by atoms with van der Waals surface area (Å²) in [5.74, 6) is -1.39. The molecule has 0 saturated carbocycles. The van der Waals surface area contributed by atoms with Gasteiger partial charge in [0.05, 0.1) is 23.9 Å². The molecule has 5 heterocycles. The molecule has 1 amide bonds. The second-order valence-electron chi connectivity index (χ2n) is 14.8. The van der Waals surface area contributed by atoms with Crippen molar-refractivity contribution in [3.05, 3.63) is 52.6 Å². The van der Waals surface area contributed by atoms with Crippen LogP contribution in [0.2, 0.25) is 0 Å². The zero-order chi connectivity index (χ0) is 34.9. The third kappa shape index (κ3) is 6.13. The van der Waals surface area contributed by atoms with Crippen molar-refractivity contribution in [2.45, 2.75) is 91.6 Å². The smallest absolute Gasteiger partial charge is 0.410 e. The van der Waals surface area contributed by atoms with Crippen LogP contribution < -0.4 is 4.74 Å². The molecule has 1 atom stereocenters. The number of aliphatic carboxylic acids is 1. The predicted octanol–water partition coefficient (Wildman–Crippen LogP) is 6.92. The number of nitrogens with zero attached hydrogens (tertiary/aromatic N) is 5. The number of fused-ring (bicyclic) bond motifs is 2. The number of aromatic nitrogens is 4. The molecule has 0 spiro atoms. The molecule has 48 heavy (non-hydrogen) atoms. The number of amides is 1. The number of pyridine rings is 1. The summed E-state index contributed by atoms with van der Waals surface area (Å²) in [6.07, 6.45) is 1.59. The lowest BCUT2D eigenvalue weighted by Crippen LogP contribution is -2.52. The number of ether oxygens (including phenoxy) is 3. The molecule has 3 aromatic heterocycles. The molecule has 1 fully saturated rings. The summed E-state index contributed by atoms with van der Waals surface area (Å²) in [4.78, 5) is 31.9. The molecule has 2 aliphatic heterocycles. The first-order valence-corrected chi connectivity index (χ1v) is 16.3. The van der Waals surface area contributed by atoms with E-state index >= 15 is 4.39 Å². The normalized spacial score (nSPS) is 16.0. The first kappa shape index (κ1) is 33.5. The van der Waals surface area contributed by atoms with Crippen LogP contribution in [0.5, 0.6) is 5.75 Å². The fourth-order valence-electron chi connectivity index (χ4n) is 6.59. The highest BCUT2D eigenvalue weighted by atomic mass is 19.1. The standard InChI is InChI=1S/C36H44FN5O6/c1-19-22-11-10-14-46-30(22)25(37)15-23(19)29-24-16-27(26-12-13-42(39-26)21-17-41(18-21)34(45)48-36(6,7)8)40(9)32(24)38-20(2)28(29)31(33(43)44)47-35(3,4)5/h12-13,15-16,21,31H,10-11,14,17-18H2,1-9H3,(H,43,44)/t31-/m0/s1. The molecule has 1 saturated heterocycles. The largest absolute Gasteiger partial charge is 0.490 e. The van der Waals surface area contributed by atoms with Crippen molar-refractivity contribution < 1.29 is 33.3 Å². The number of likely N-dealkylation sites (tertiary alicyclic amines) is 1. The number of rotatable bonds is 6. The van der Waals surface area contributed by atoms with Crippen LogP contribution in [0.1, 0.15) is 82.5 Å². The van der Waals surface area contributed by atoms with Crippen LogP contribution in [0.3, 0.4) is 0 Å². The van der Waals surface area contributed by atoms with Gasteiger partial charge < -0.3 is 28.8 Å². The van der Waals surface area contributed by atoms with Crippen molar-refractivity contribution in [2.75, 3.05) is 19.7 Å². The van der Waals surface area contributed by atoms with E-state index in [4.69, 9.17) is 24.3 Å². The van der Waals surface area contributed by atoms with Crippen LogP contribution in [-0.4, -0.2) is 72.3 Å². The summed E-state index contributed by atoms with van der Waals surface area (Å²) in [5, 5.41) is 16.0. The van der Waals surface area contributed by atoms with E-state index in [-0.39, 0.29) is 17.9 Å². The summed E-state index contributed by atoms with van der Waals surface area (Å²) >= 11 is 0. The summed E-state index contributed by atoms with van der Waals surface area (Å²) in [7, 11) is 1.88. The maximum absolute atomic E-state index is 15.7. The highest BCUT2D eigenvalue weighted by molar-refractivity contribution is 6.01. The van der Waals surface area contributed by atoms with Gasteiger partial charge >= 0.3 is 12.1 Å². The van der Waals surface area contributed by atoms with Gasteiger partial charge in [-0.15, -0.1) is 0 Å². The highest BCUT2D eigenvalue weighted by Gasteiger charge is 2.37. The molecule has 0 radical (unpaired) electrons. The Labute approximate surface area is 279 Å². The van der Waals surface area contributed by atoms with E-state index in [0.29, 0.717) is 65.2 Å². The summed E-state index contributed by atoms with van der Waals surface area (Å²) in [6.45, 7) is 16.0. The molecule has 11 nitrogen and oxygen atoms in total. The number of hydrogen-bond donors (Lipinski definition) is 1. The molecular weight excluding hydrogens is 617 g/mol. The number of hydrogen-bond acceptors (Lipinski definition) is 7. The predicted molar refractivity (Wildman–Crippen MR) is 179 cm³/mol. The van der Waals surface area contributed by atoms with Crippen LogP contribution in [0.15, 0.2) is 24.4 Å². The summed E-state index contributed by atoms with van der Waals surface area (Å²) in [6, 6.07) is 5.28. The number of carboxylic acids is 1. The van der Waals surface area contributed by atoms with Crippen molar-refractivity contribution in [3.8, 4) is 28.3 Å². The van der Waals surface area contributed by atoms with Gasteiger partial charge in [0.25, 0.3) is 0 Å².